The van der Waals surface area contributed by atoms with E-state index in [-0.39, 0.29) is 0 Å². The number of hydrogen-bond acceptors (Lipinski definition) is 2. The van der Waals surface area contributed by atoms with E-state index in [1.165, 1.54) is 38.6 Å². The maximum absolute atomic E-state index is 3.72. The first kappa shape index (κ1) is 8.25. The number of fused-ring (bicyclic) bond motifs is 2. The van der Waals surface area contributed by atoms with E-state index in [9.17, 15) is 0 Å². The van der Waals surface area contributed by atoms with Gasteiger partial charge in [-0.3, -0.25) is 0 Å². The summed E-state index contributed by atoms with van der Waals surface area (Å²) in [5.74, 6) is 0.927. The van der Waals surface area contributed by atoms with Gasteiger partial charge in [-0.05, 0) is 44.9 Å². The van der Waals surface area contributed by atoms with E-state index in [0.29, 0.717) is 5.54 Å². The molecule has 2 bridgehead atoms. The number of rotatable bonds is 3. The molecule has 3 fully saturated rings. The molecule has 2 N–H and O–H groups in total. The summed E-state index contributed by atoms with van der Waals surface area (Å²) in [4.78, 5) is 0. The molecule has 0 radical (unpaired) electrons. The Labute approximate surface area is 80.5 Å². The fourth-order valence-corrected chi connectivity index (χ4v) is 2.90. The minimum absolute atomic E-state index is 0.530. The average Bonchev–Trinajstić information content (AvgIpc) is 2.63. The van der Waals surface area contributed by atoms with Crippen molar-refractivity contribution in [2.24, 2.45) is 5.92 Å². The lowest BCUT2D eigenvalue weighted by Gasteiger charge is -2.22. The van der Waals surface area contributed by atoms with E-state index < -0.39 is 0 Å². The Bertz CT molecular complexity index is 210. The Morgan fingerprint density at radius 1 is 1.38 bits per heavy atom. The van der Waals surface area contributed by atoms with Gasteiger partial charge in [-0.2, -0.15) is 0 Å². The number of nitrogens with one attached hydrogen (secondary N) is 2. The predicted octanol–water partition coefficient (Wildman–Crippen LogP) is 1.27. The summed E-state index contributed by atoms with van der Waals surface area (Å²) in [5.41, 5.74) is 0.530. The zero-order valence-corrected chi connectivity index (χ0v) is 8.47. The van der Waals surface area contributed by atoms with Gasteiger partial charge >= 0.3 is 0 Å². The quantitative estimate of drug-likeness (QED) is 0.683. The molecule has 2 heterocycles. The van der Waals surface area contributed by atoms with Crippen LogP contribution in [0.15, 0.2) is 0 Å². The van der Waals surface area contributed by atoms with Crippen molar-refractivity contribution >= 4 is 0 Å². The molecule has 13 heavy (non-hydrogen) atoms. The highest BCUT2D eigenvalue weighted by Gasteiger charge is 2.42. The fraction of sp³-hybridized carbons (Fsp3) is 1.00. The molecule has 3 rings (SSSR count). The van der Waals surface area contributed by atoms with Gasteiger partial charge < -0.3 is 10.6 Å². The van der Waals surface area contributed by atoms with Crippen LogP contribution in [0.25, 0.3) is 0 Å². The van der Waals surface area contributed by atoms with Crippen LogP contribution in [-0.4, -0.2) is 24.2 Å². The van der Waals surface area contributed by atoms with Crippen molar-refractivity contribution in [2.75, 3.05) is 6.54 Å². The zero-order valence-electron chi connectivity index (χ0n) is 8.47. The van der Waals surface area contributed by atoms with Crippen LogP contribution in [0.3, 0.4) is 0 Å². The highest BCUT2D eigenvalue weighted by atomic mass is 15.1. The van der Waals surface area contributed by atoms with E-state index in [0.717, 1.165) is 18.0 Å². The fourth-order valence-electron chi connectivity index (χ4n) is 2.90. The Hall–Kier alpha value is -0.0800. The van der Waals surface area contributed by atoms with Gasteiger partial charge in [-0.1, -0.05) is 0 Å². The van der Waals surface area contributed by atoms with Crippen LogP contribution in [0.5, 0.6) is 0 Å². The molecule has 2 saturated heterocycles. The van der Waals surface area contributed by atoms with Crippen LogP contribution in [0.1, 0.15) is 39.0 Å². The summed E-state index contributed by atoms with van der Waals surface area (Å²) in [6.07, 6.45) is 7.06. The Morgan fingerprint density at radius 3 is 2.77 bits per heavy atom. The first-order valence-corrected chi connectivity index (χ1v) is 5.76. The van der Waals surface area contributed by atoms with Crippen molar-refractivity contribution in [1.29, 1.82) is 0 Å². The third kappa shape index (κ3) is 1.50. The van der Waals surface area contributed by atoms with Gasteiger partial charge in [0.25, 0.3) is 0 Å². The lowest BCUT2D eigenvalue weighted by molar-refractivity contribution is 0.361. The Kier molecular flexibility index (Phi) is 1.72. The second kappa shape index (κ2) is 2.71. The maximum Gasteiger partial charge on any atom is 0.0154 e. The SMILES string of the molecule is CC1(NCC2CC3CCC2N3)CC1. The molecule has 1 saturated carbocycles. The standard InChI is InChI=1S/C11H20N2/c1-11(4-5-11)12-7-8-6-9-2-3-10(8)13-9/h8-10,12-13H,2-7H2,1H3. The van der Waals surface area contributed by atoms with Crippen molar-refractivity contribution in [3.05, 3.63) is 0 Å². The Morgan fingerprint density at radius 2 is 2.23 bits per heavy atom. The van der Waals surface area contributed by atoms with Crippen molar-refractivity contribution in [3.8, 4) is 0 Å². The molecule has 2 nitrogen and oxygen atoms in total. The van der Waals surface area contributed by atoms with Crippen LogP contribution in [0.2, 0.25) is 0 Å². The predicted molar refractivity (Wildman–Crippen MR) is 53.7 cm³/mol. The lowest BCUT2D eigenvalue weighted by atomic mass is 9.89. The molecule has 0 amide bonds. The monoisotopic (exact) mass is 180 g/mol. The molecule has 0 aromatic rings. The first-order chi connectivity index (χ1) is 6.25. The van der Waals surface area contributed by atoms with E-state index >= 15 is 0 Å². The van der Waals surface area contributed by atoms with Crippen LogP contribution < -0.4 is 10.6 Å². The summed E-state index contributed by atoms with van der Waals surface area (Å²) in [6.45, 7) is 3.61. The molecule has 3 aliphatic rings. The van der Waals surface area contributed by atoms with Gasteiger partial charge in [-0.15, -0.1) is 0 Å². The largest absolute Gasteiger partial charge is 0.311 e. The van der Waals surface area contributed by atoms with Crippen molar-refractivity contribution < 1.29 is 0 Å². The summed E-state index contributed by atoms with van der Waals surface area (Å²) >= 11 is 0. The second-order valence-electron chi connectivity index (χ2n) is 5.48. The molecule has 1 aliphatic carbocycles. The lowest BCUT2D eigenvalue weighted by Crippen LogP contribution is -2.37. The topological polar surface area (TPSA) is 24.1 Å². The average molecular weight is 180 g/mol. The van der Waals surface area contributed by atoms with Gasteiger partial charge in [0.1, 0.15) is 0 Å². The van der Waals surface area contributed by atoms with Gasteiger partial charge in [0.2, 0.25) is 0 Å². The molecule has 0 spiro atoms. The van der Waals surface area contributed by atoms with Gasteiger partial charge in [-0.25, -0.2) is 0 Å². The number of hydrogen-bond donors (Lipinski definition) is 2. The van der Waals surface area contributed by atoms with Crippen LogP contribution in [0.4, 0.5) is 0 Å². The minimum atomic E-state index is 0.530. The highest BCUT2D eigenvalue weighted by Crippen LogP contribution is 2.37. The summed E-state index contributed by atoms with van der Waals surface area (Å²) < 4.78 is 0. The molecule has 3 atom stereocenters. The maximum atomic E-state index is 3.72. The molecule has 74 valence electrons. The van der Waals surface area contributed by atoms with Crippen LogP contribution in [-0.2, 0) is 0 Å². The molecule has 0 aromatic heterocycles. The van der Waals surface area contributed by atoms with E-state index in [1.54, 1.807) is 0 Å². The summed E-state index contributed by atoms with van der Waals surface area (Å²) in [5, 5.41) is 7.41. The van der Waals surface area contributed by atoms with Crippen molar-refractivity contribution in [2.45, 2.75) is 56.7 Å². The molecule has 0 aromatic carbocycles. The van der Waals surface area contributed by atoms with E-state index in [2.05, 4.69) is 17.6 Å². The first-order valence-electron chi connectivity index (χ1n) is 5.76. The highest BCUT2D eigenvalue weighted by molar-refractivity contribution is 5.02. The van der Waals surface area contributed by atoms with E-state index in [4.69, 9.17) is 0 Å². The van der Waals surface area contributed by atoms with Gasteiger partial charge in [0.15, 0.2) is 0 Å². The van der Waals surface area contributed by atoms with Gasteiger partial charge in [0, 0.05) is 24.2 Å². The van der Waals surface area contributed by atoms with Gasteiger partial charge in [0.05, 0.1) is 0 Å². The van der Waals surface area contributed by atoms with Crippen molar-refractivity contribution in [3.63, 3.8) is 0 Å². The zero-order chi connectivity index (χ0) is 8.89. The minimum Gasteiger partial charge on any atom is -0.311 e. The van der Waals surface area contributed by atoms with E-state index in [1.807, 2.05) is 0 Å². The third-order valence-electron chi connectivity index (χ3n) is 4.22. The second-order valence-corrected chi connectivity index (χ2v) is 5.48. The smallest absolute Gasteiger partial charge is 0.0154 e. The molecule has 3 unspecified atom stereocenters. The molecular weight excluding hydrogens is 160 g/mol. The van der Waals surface area contributed by atoms with Crippen LogP contribution in [0, 0.1) is 5.92 Å². The van der Waals surface area contributed by atoms with Crippen LogP contribution >= 0.6 is 0 Å². The molecule has 2 heteroatoms. The summed E-state index contributed by atoms with van der Waals surface area (Å²) in [7, 11) is 0. The normalized spacial score (nSPS) is 45.5. The van der Waals surface area contributed by atoms with Crippen molar-refractivity contribution in [1.82, 2.24) is 10.6 Å². The summed E-state index contributed by atoms with van der Waals surface area (Å²) in [6, 6.07) is 1.71. The third-order valence-corrected chi connectivity index (χ3v) is 4.22. The Balaban J connectivity index is 1.51. The molecular formula is C11H20N2. The molecule has 2 aliphatic heterocycles.